The van der Waals surface area contributed by atoms with E-state index in [0.29, 0.717) is 17.7 Å². The van der Waals surface area contributed by atoms with E-state index in [1.807, 2.05) is 0 Å². The molecule has 0 saturated heterocycles. The first-order chi connectivity index (χ1) is 11.2. The molecule has 5 rings (SSSR count). The van der Waals surface area contributed by atoms with E-state index >= 15 is 0 Å². The molecule has 0 radical (unpaired) electrons. The van der Waals surface area contributed by atoms with Crippen molar-refractivity contribution < 1.29 is 9.59 Å². The zero-order valence-electron chi connectivity index (χ0n) is 12.7. The van der Waals surface area contributed by atoms with E-state index in [4.69, 9.17) is 5.73 Å². The molecule has 0 saturated carbocycles. The van der Waals surface area contributed by atoms with Crippen molar-refractivity contribution in [2.45, 2.75) is 32.2 Å². The monoisotopic (exact) mass is 304 g/mol. The van der Waals surface area contributed by atoms with E-state index in [2.05, 4.69) is 23.5 Å². The number of nitrogens with one attached hydrogen (secondary N) is 1. The van der Waals surface area contributed by atoms with Gasteiger partial charge in [-0.05, 0) is 70.7 Å². The molecule has 4 nitrogen and oxygen atoms in total. The molecule has 2 amide bonds. The van der Waals surface area contributed by atoms with Crippen LogP contribution in [0.1, 0.15) is 55.0 Å². The average Bonchev–Trinajstić information content (AvgIpc) is 3.22. The molecule has 1 aliphatic heterocycles. The van der Waals surface area contributed by atoms with Crippen molar-refractivity contribution in [1.82, 2.24) is 5.32 Å². The molecule has 23 heavy (non-hydrogen) atoms. The number of amides is 2. The van der Waals surface area contributed by atoms with Gasteiger partial charge in [0, 0.05) is 6.54 Å². The minimum absolute atomic E-state index is 0.227. The number of carbonyl (C=O) groups is 2. The van der Waals surface area contributed by atoms with Gasteiger partial charge in [0.05, 0.1) is 11.1 Å². The normalized spacial score (nSPS) is 16.9. The summed E-state index contributed by atoms with van der Waals surface area (Å²) < 4.78 is 0. The van der Waals surface area contributed by atoms with Gasteiger partial charge in [-0.25, -0.2) is 0 Å². The summed E-state index contributed by atoms with van der Waals surface area (Å²) in [5.41, 5.74) is 15.0. The lowest BCUT2D eigenvalue weighted by atomic mass is 9.88. The molecule has 2 aliphatic carbocycles. The number of imide groups is 1. The highest BCUT2D eigenvalue weighted by Crippen LogP contribution is 2.47. The molecule has 0 spiro atoms. The van der Waals surface area contributed by atoms with Gasteiger partial charge in [-0.3, -0.25) is 14.9 Å². The van der Waals surface area contributed by atoms with Gasteiger partial charge in [-0.15, -0.1) is 0 Å². The van der Waals surface area contributed by atoms with Crippen molar-refractivity contribution in [2.75, 3.05) is 0 Å². The summed E-state index contributed by atoms with van der Waals surface area (Å²) in [5.74, 6) is -0.476. The Morgan fingerprint density at radius 2 is 1.74 bits per heavy atom. The Kier molecular flexibility index (Phi) is 2.43. The third kappa shape index (κ3) is 1.54. The standard InChI is InChI=1S/C19H16N2O2/c20-8-9-4-5-10-7-14-11-2-1-3-12(11)16-17(15(14)13(10)6-9)19(23)21-18(16)22/h4-6H,1-3,7-8,20H2,(H,21,22,23). The van der Waals surface area contributed by atoms with E-state index in [0.717, 1.165) is 47.9 Å². The molecule has 0 bridgehead atoms. The minimum Gasteiger partial charge on any atom is -0.326 e. The Hall–Kier alpha value is -2.46. The van der Waals surface area contributed by atoms with Crippen LogP contribution in [0.25, 0.3) is 11.1 Å². The number of nitrogens with two attached hydrogens (primary N) is 1. The van der Waals surface area contributed by atoms with Crippen LogP contribution in [0.15, 0.2) is 18.2 Å². The van der Waals surface area contributed by atoms with Crippen LogP contribution < -0.4 is 11.1 Å². The lowest BCUT2D eigenvalue weighted by Crippen LogP contribution is -2.20. The maximum atomic E-state index is 12.4. The van der Waals surface area contributed by atoms with Crippen LogP contribution in [0.3, 0.4) is 0 Å². The average molecular weight is 304 g/mol. The Morgan fingerprint density at radius 3 is 2.57 bits per heavy atom. The summed E-state index contributed by atoms with van der Waals surface area (Å²) in [6, 6.07) is 6.25. The SMILES string of the molecule is NCc1ccc2c(c1)-c1c(c3c(c4c1C(=O)NC4=O)CCC3)C2. The molecule has 4 heteroatoms. The highest BCUT2D eigenvalue weighted by Gasteiger charge is 2.40. The van der Waals surface area contributed by atoms with Crippen LogP contribution in [0.4, 0.5) is 0 Å². The first-order valence-electron chi connectivity index (χ1n) is 8.07. The fourth-order valence-corrected chi connectivity index (χ4v) is 4.46. The van der Waals surface area contributed by atoms with Crippen LogP contribution >= 0.6 is 0 Å². The van der Waals surface area contributed by atoms with Gasteiger partial charge in [-0.2, -0.15) is 0 Å². The quantitative estimate of drug-likeness (QED) is 0.676. The predicted octanol–water partition coefficient (Wildman–Crippen LogP) is 2.09. The van der Waals surface area contributed by atoms with E-state index < -0.39 is 0 Å². The van der Waals surface area contributed by atoms with Crippen molar-refractivity contribution in [3.63, 3.8) is 0 Å². The van der Waals surface area contributed by atoms with E-state index in [1.54, 1.807) is 0 Å². The molecule has 0 unspecified atom stereocenters. The highest BCUT2D eigenvalue weighted by molar-refractivity contribution is 6.25. The van der Waals surface area contributed by atoms with Gasteiger partial charge in [-0.1, -0.05) is 12.1 Å². The number of hydrogen-bond acceptors (Lipinski definition) is 3. The lowest BCUT2D eigenvalue weighted by molar-refractivity contribution is 0.0879. The molecule has 1 heterocycles. The Labute approximate surface area is 133 Å². The second-order valence-electron chi connectivity index (χ2n) is 6.57. The first-order valence-corrected chi connectivity index (χ1v) is 8.07. The fraction of sp³-hybridized carbons (Fsp3) is 0.263. The summed E-state index contributed by atoms with van der Waals surface area (Å²) in [6.45, 7) is 0.473. The molecule has 0 aromatic heterocycles. The van der Waals surface area contributed by atoms with E-state index in [-0.39, 0.29) is 11.8 Å². The Balaban J connectivity index is 1.90. The second-order valence-corrected chi connectivity index (χ2v) is 6.57. The number of benzene rings is 2. The molecule has 3 N–H and O–H groups in total. The molecular weight excluding hydrogens is 288 g/mol. The Morgan fingerprint density at radius 1 is 0.957 bits per heavy atom. The van der Waals surface area contributed by atoms with Gasteiger partial charge >= 0.3 is 0 Å². The first kappa shape index (κ1) is 13.0. The summed E-state index contributed by atoms with van der Waals surface area (Å²) in [6.07, 6.45) is 3.82. The molecule has 3 aliphatic rings. The van der Waals surface area contributed by atoms with Crippen LogP contribution in [-0.4, -0.2) is 11.8 Å². The maximum absolute atomic E-state index is 12.4. The zero-order valence-corrected chi connectivity index (χ0v) is 12.7. The fourth-order valence-electron chi connectivity index (χ4n) is 4.46. The maximum Gasteiger partial charge on any atom is 0.259 e. The molecule has 0 atom stereocenters. The topological polar surface area (TPSA) is 72.2 Å². The van der Waals surface area contributed by atoms with E-state index in [1.165, 1.54) is 16.7 Å². The third-order valence-electron chi connectivity index (χ3n) is 5.41. The molecule has 2 aromatic carbocycles. The lowest BCUT2D eigenvalue weighted by Gasteiger charge is -2.13. The van der Waals surface area contributed by atoms with Crippen LogP contribution in [-0.2, 0) is 25.8 Å². The summed E-state index contributed by atoms with van der Waals surface area (Å²) >= 11 is 0. The van der Waals surface area contributed by atoms with Crippen LogP contribution in [0.2, 0.25) is 0 Å². The highest BCUT2D eigenvalue weighted by atomic mass is 16.2. The van der Waals surface area contributed by atoms with Gasteiger partial charge in [0.25, 0.3) is 11.8 Å². The number of carbonyl (C=O) groups excluding carboxylic acids is 2. The molecule has 114 valence electrons. The van der Waals surface area contributed by atoms with Gasteiger partial charge in [0.15, 0.2) is 0 Å². The van der Waals surface area contributed by atoms with E-state index in [9.17, 15) is 9.59 Å². The van der Waals surface area contributed by atoms with Crippen molar-refractivity contribution in [3.05, 3.63) is 57.1 Å². The number of rotatable bonds is 1. The number of hydrogen-bond donors (Lipinski definition) is 2. The van der Waals surface area contributed by atoms with Crippen LogP contribution in [0, 0.1) is 0 Å². The third-order valence-corrected chi connectivity index (χ3v) is 5.41. The number of fused-ring (bicyclic) bond motifs is 8. The Bertz CT molecular complexity index is 928. The second kappa shape index (κ2) is 4.30. The van der Waals surface area contributed by atoms with Gasteiger partial charge < -0.3 is 5.73 Å². The van der Waals surface area contributed by atoms with Crippen molar-refractivity contribution in [2.24, 2.45) is 5.73 Å². The molecule has 2 aromatic rings. The van der Waals surface area contributed by atoms with Crippen molar-refractivity contribution in [3.8, 4) is 11.1 Å². The summed E-state index contributed by atoms with van der Waals surface area (Å²) in [7, 11) is 0. The molecular formula is C19H16N2O2. The molecule has 0 fully saturated rings. The summed E-state index contributed by atoms with van der Waals surface area (Å²) in [4.78, 5) is 24.8. The minimum atomic E-state index is -0.248. The van der Waals surface area contributed by atoms with Crippen molar-refractivity contribution >= 4 is 11.8 Å². The van der Waals surface area contributed by atoms with Crippen molar-refractivity contribution in [1.29, 1.82) is 0 Å². The smallest absolute Gasteiger partial charge is 0.259 e. The van der Waals surface area contributed by atoms with Crippen LogP contribution in [0.5, 0.6) is 0 Å². The van der Waals surface area contributed by atoms with Gasteiger partial charge in [0.2, 0.25) is 0 Å². The summed E-state index contributed by atoms with van der Waals surface area (Å²) in [5, 5.41) is 2.50. The largest absolute Gasteiger partial charge is 0.326 e. The van der Waals surface area contributed by atoms with Gasteiger partial charge in [0.1, 0.15) is 0 Å². The zero-order chi connectivity index (χ0) is 15.7. The predicted molar refractivity (Wildman–Crippen MR) is 86.4 cm³/mol.